The Bertz CT molecular complexity index is 1070. The highest BCUT2D eigenvalue weighted by atomic mass is 19.1. The molecule has 148 valence electrons. The van der Waals surface area contributed by atoms with Gasteiger partial charge in [-0.3, -0.25) is 0 Å². The van der Waals surface area contributed by atoms with Crippen molar-refractivity contribution in [3.05, 3.63) is 96.3 Å². The van der Waals surface area contributed by atoms with Gasteiger partial charge < -0.3 is 10.6 Å². The molecule has 0 spiro atoms. The first-order valence-corrected chi connectivity index (χ1v) is 9.19. The third kappa shape index (κ3) is 5.35. The van der Waals surface area contributed by atoms with Crippen LogP contribution in [0.1, 0.15) is 5.56 Å². The van der Waals surface area contributed by atoms with E-state index in [1.165, 1.54) is 18.3 Å². The first-order valence-electron chi connectivity index (χ1n) is 9.19. The maximum absolute atomic E-state index is 13.3. The minimum atomic E-state index is -0.331. The van der Waals surface area contributed by atoms with E-state index in [4.69, 9.17) is 0 Å². The van der Waals surface area contributed by atoms with Gasteiger partial charge in [0.05, 0.1) is 6.21 Å². The summed E-state index contributed by atoms with van der Waals surface area (Å²) in [5, 5.41) is 10.4. The highest BCUT2D eigenvalue weighted by Crippen LogP contribution is 2.18. The molecule has 3 N–H and O–H groups in total. The molecule has 30 heavy (non-hydrogen) atoms. The van der Waals surface area contributed by atoms with Crippen molar-refractivity contribution in [2.24, 2.45) is 5.10 Å². The van der Waals surface area contributed by atoms with Crippen LogP contribution >= 0.6 is 0 Å². The topological polar surface area (TPSA) is 87.1 Å². The fraction of sp³-hybridized carbons (Fsp3) is 0. The van der Waals surface area contributed by atoms with Gasteiger partial charge in [-0.05, 0) is 42.0 Å². The van der Waals surface area contributed by atoms with Crippen molar-refractivity contribution in [3.63, 3.8) is 0 Å². The Kier molecular flexibility index (Phi) is 5.86. The maximum atomic E-state index is 13.3. The summed E-state index contributed by atoms with van der Waals surface area (Å²) in [5.41, 5.74) is 5.06. The fourth-order valence-electron chi connectivity index (χ4n) is 2.59. The molecule has 0 aliphatic rings. The van der Waals surface area contributed by atoms with Crippen LogP contribution in [0.2, 0.25) is 0 Å². The van der Waals surface area contributed by atoms with E-state index in [0.717, 1.165) is 11.4 Å². The number of hydrazone groups is 1. The van der Waals surface area contributed by atoms with E-state index < -0.39 is 0 Å². The van der Waals surface area contributed by atoms with E-state index in [-0.39, 0.29) is 11.8 Å². The minimum Gasteiger partial charge on any atom is -0.324 e. The second-order valence-corrected chi connectivity index (χ2v) is 6.21. The normalized spacial score (nSPS) is 10.7. The molecule has 7 nitrogen and oxygen atoms in total. The molecular weight excluding hydrogens is 381 g/mol. The molecule has 0 unspecified atom stereocenters. The average molecular weight is 399 g/mol. The molecule has 0 amide bonds. The molecule has 8 heteroatoms. The number of anilines is 5. The van der Waals surface area contributed by atoms with Crippen LogP contribution in [0.3, 0.4) is 0 Å². The molecule has 0 aliphatic carbocycles. The lowest BCUT2D eigenvalue weighted by molar-refractivity contribution is 0.627. The zero-order chi connectivity index (χ0) is 20.6. The van der Waals surface area contributed by atoms with Gasteiger partial charge in [-0.2, -0.15) is 20.1 Å². The van der Waals surface area contributed by atoms with Crippen LogP contribution in [0, 0.1) is 5.82 Å². The van der Waals surface area contributed by atoms with Crippen LogP contribution in [-0.2, 0) is 0 Å². The quantitative estimate of drug-likeness (QED) is 0.301. The molecule has 0 atom stereocenters. The minimum absolute atomic E-state index is 0.231. The molecule has 4 aromatic rings. The highest BCUT2D eigenvalue weighted by molar-refractivity contribution is 5.80. The number of halogens is 1. The molecule has 0 bridgehead atoms. The van der Waals surface area contributed by atoms with Gasteiger partial charge in [-0.1, -0.05) is 48.5 Å². The van der Waals surface area contributed by atoms with Crippen molar-refractivity contribution in [2.75, 3.05) is 16.1 Å². The van der Waals surface area contributed by atoms with Gasteiger partial charge in [0.25, 0.3) is 0 Å². The predicted molar refractivity (Wildman–Crippen MR) is 117 cm³/mol. The highest BCUT2D eigenvalue weighted by Gasteiger charge is 2.07. The molecule has 0 aliphatic heterocycles. The van der Waals surface area contributed by atoms with Gasteiger partial charge in [0.2, 0.25) is 17.8 Å². The van der Waals surface area contributed by atoms with Crippen LogP contribution in [0.15, 0.2) is 90.0 Å². The Morgan fingerprint density at radius 1 is 0.667 bits per heavy atom. The summed E-state index contributed by atoms with van der Waals surface area (Å²) < 4.78 is 13.3. The molecule has 0 saturated heterocycles. The summed E-state index contributed by atoms with van der Waals surface area (Å²) in [6.45, 7) is 0. The maximum Gasteiger partial charge on any atom is 0.250 e. The zero-order valence-corrected chi connectivity index (χ0v) is 15.8. The van der Waals surface area contributed by atoms with Crippen LogP contribution in [-0.4, -0.2) is 21.2 Å². The Morgan fingerprint density at radius 2 is 1.23 bits per heavy atom. The second-order valence-electron chi connectivity index (χ2n) is 6.21. The van der Waals surface area contributed by atoms with Crippen molar-refractivity contribution in [3.8, 4) is 0 Å². The van der Waals surface area contributed by atoms with E-state index in [2.05, 4.69) is 36.1 Å². The number of hydrogen-bond donors (Lipinski definition) is 3. The Balaban J connectivity index is 1.57. The van der Waals surface area contributed by atoms with E-state index in [1.54, 1.807) is 12.1 Å². The van der Waals surface area contributed by atoms with Gasteiger partial charge in [0, 0.05) is 11.4 Å². The smallest absolute Gasteiger partial charge is 0.250 e. The lowest BCUT2D eigenvalue weighted by atomic mass is 10.2. The number of benzene rings is 3. The van der Waals surface area contributed by atoms with Gasteiger partial charge in [0.15, 0.2) is 0 Å². The number of nitrogens with one attached hydrogen (secondary N) is 3. The summed E-state index contributed by atoms with van der Waals surface area (Å²) in [5.74, 6) is 0.591. The predicted octanol–water partition coefficient (Wildman–Crippen LogP) is 4.94. The Labute approximate surface area is 172 Å². The molecule has 1 heterocycles. The molecule has 0 fully saturated rings. The van der Waals surface area contributed by atoms with Crippen LogP contribution in [0.25, 0.3) is 0 Å². The van der Waals surface area contributed by atoms with E-state index >= 15 is 0 Å². The monoisotopic (exact) mass is 399 g/mol. The second kappa shape index (κ2) is 9.24. The summed E-state index contributed by atoms with van der Waals surface area (Å²) in [7, 11) is 0. The third-order valence-electron chi connectivity index (χ3n) is 3.92. The molecular formula is C22H18FN7. The lowest BCUT2D eigenvalue weighted by Gasteiger charge is -2.10. The Hall–Kier alpha value is -4.33. The van der Waals surface area contributed by atoms with Gasteiger partial charge in [0.1, 0.15) is 5.82 Å². The Morgan fingerprint density at radius 3 is 1.80 bits per heavy atom. The third-order valence-corrected chi connectivity index (χ3v) is 3.92. The zero-order valence-electron chi connectivity index (χ0n) is 15.8. The van der Waals surface area contributed by atoms with Gasteiger partial charge in [-0.25, -0.2) is 9.82 Å². The summed E-state index contributed by atoms with van der Waals surface area (Å²) in [6.07, 6.45) is 1.49. The molecule has 0 saturated carbocycles. The number of rotatable bonds is 7. The van der Waals surface area contributed by atoms with Crippen molar-refractivity contribution < 1.29 is 4.39 Å². The molecule has 0 radical (unpaired) electrons. The number of nitrogens with zero attached hydrogens (tertiary/aromatic N) is 4. The van der Waals surface area contributed by atoms with Crippen molar-refractivity contribution in [2.45, 2.75) is 0 Å². The van der Waals surface area contributed by atoms with Crippen molar-refractivity contribution in [1.29, 1.82) is 0 Å². The number of aromatic nitrogens is 3. The largest absolute Gasteiger partial charge is 0.324 e. The number of para-hydroxylation sites is 2. The lowest BCUT2D eigenvalue weighted by Crippen LogP contribution is -2.07. The molecule has 4 rings (SSSR count). The van der Waals surface area contributed by atoms with Crippen LogP contribution < -0.4 is 16.1 Å². The van der Waals surface area contributed by atoms with Gasteiger partial charge in [-0.15, -0.1) is 0 Å². The van der Waals surface area contributed by atoms with E-state index in [1.807, 2.05) is 60.7 Å². The summed E-state index contributed by atoms with van der Waals surface area (Å²) >= 11 is 0. The van der Waals surface area contributed by atoms with Gasteiger partial charge >= 0.3 is 0 Å². The van der Waals surface area contributed by atoms with Crippen molar-refractivity contribution >= 4 is 35.4 Å². The van der Waals surface area contributed by atoms with E-state index in [9.17, 15) is 4.39 Å². The van der Waals surface area contributed by atoms with Crippen LogP contribution in [0.5, 0.6) is 0 Å². The van der Waals surface area contributed by atoms with Crippen LogP contribution in [0.4, 0.5) is 33.6 Å². The number of hydrogen-bond acceptors (Lipinski definition) is 7. The fourth-order valence-corrected chi connectivity index (χ4v) is 2.59. The first kappa shape index (κ1) is 19.0. The first-order chi connectivity index (χ1) is 14.7. The summed E-state index contributed by atoms with van der Waals surface area (Å²) in [4.78, 5) is 13.1. The summed E-state index contributed by atoms with van der Waals surface area (Å²) in [6, 6.07) is 25.2. The van der Waals surface area contributed by atoms with Crippen molar-refractivity contribution in [1.82, 2.24) is 15.0 Å². The SMILES string of the molecule is Fc1cccc(/C=N/Nc2nc(Nc3ccccc3)nc(Nc3ccccc3)n2)c1. The average Bonchev–Trinajstić information content (AvgIpc) is 2.75. The van der Waals surface area contributed by atoms with E-state index in [0.29, 0.717) is 17.5 Å². The molecule has 1 aromatic heterocycles. The molecule has 3 aromatic carbocycles. The standard InChI is InChI=1S/C22H18FN7/c23-17-9-7-8-16(14-17)15-24-30-22-28-20(25-18-10-3-1-4-11-18)27-21(29-22)26-19-12-5-2-6-13-19/h1-15H,(H3,25,26,27,28,29,30)/b24-15+.